The first kappa shape index (κ1) is 14.7. The number of hydrogen-bond acceptors (Lipinski definition) is 4. The van der Waals surface area contributed by atoms with E-state index in [1.807, 2.05) is 19.4 Å². The van der Waals surface area contributed by atoms with Crippen LogP contribution in [0.25, 0.3) is 0 Å². The Hall–Kier alpha value is -1.66. The number of carbonyl (C=O) groups excluding carboxylic acids is 1. The first-order valence-electron chi connectivity index (χ1n) is 6.71. The van der Waals surface area contributed by atoms with Crippen molar-refractivity contribution in [3.63, 3.8) is 0 Å². The van der Waals surface area contributed by atoms with Crippen LogP contribution in [-0.2, 0) is 16.6 Å². The Morgan fingerprint density at radius 2 is 2.40 bits per heavy atom. The van der Waals surface area contributed by atoms with Gasteiger partial charge in [0.2, 0.25) is 5.91 Å². The normalized spacial score (nSPS) is 23.6. The molecular formula is C14H22N4O2. The molecule has 1 saturated heterocycles. The largest absolute Gasteiger partial charge is 0.373 e. The maximum atomic E-state index is 11.6. The molecule has 0 unspecified atom stereocenters. The summed E-state index contributed by atoms with van der Waals surface area (Å²) >= 11 is 0. The van der Waals surface area contributed by atoms with Crippen molar-refractivity contribution < 1.29 is 9.53 Å². The Morgan fingerprint density at radius 1 is 1.65 bits per heavy atom. The lowest BCUT2D eigenvalue weighted by atomic mass is 10.0. The second-order valence-corrected chi connectivity index (χ2v) is 5.20. The Balaban J connectivity index is 2.16. The van der Waals surface area contributed by atoms with Crippen molar-refractivity contribution in [3.05, 3.63) is 30.6 Å². The number of rotatable bonds is 4. The standard InChI is InChI=1S/C14H22N4O2/c1-5-13(19)17(3)10-12-14(16(2)6-7-20-12)11-8-15-18(4)9-11/h5,8-9,12,14H,1,6-7,10H2,2-4H3/t12-,14-/m0/s1. The van der Waals surface area contributed by atoms with Gasteiger partial charge < -0.3 is 9.64 Å². The van der Waals surface area contributed by atoms with Crippen LogP contribution in [0.1, 0.15) is 11.6 Å². The molecule has 2 heterocycles. The monoisotopic (exact) mass is 278 g/mol. The van der Waals surface area contributed by atoms with E-state index in [4.69, 9.17) is 4.74 Å². The Labute approximate surface area is 119 Å². The lowest BCUT2D eigenvalue weighted by molar-refractivity contribution is -0.129. The zero-order valence-electron chi connectivity index (χ0n) is 12.3. The number of hydrogen-bond donors (Lipinski definition) is 0. The second-order valence-electron chi connectivity index (χ2n) is 5.20. The van der Waals surface area contributed by atoms with Gasteiger partial charge >= 0.3 is 0 Å². The van der Waals surface area contributed by atoms with Crippen LogP contribution in [-0.4, -0.2) is 65.4 Å². The van der Waals surface area contributed by atoms with Crippen molar-refractivity contribution in [2.45, 2.75) is 12.1 Å². The third-order valence-electron chi connectivity index (χ3n) is 3.67. The van der Waals surface area contributed by atoms with Gasteiger partial charge in [-0.3, -0.25) is 14.4 Å². The summed E-state index contributed by atoms with van der Waals surface area (Å²) in [6.45, 7) is 5.60. The molecule has 1 amide bonds. The molecule has 2 rings (SSSR count). The van der Waals surface area contributed by atoms with Crippen molar-refractivity contribution >= 4 is 5.91 Å². The number of aryl methyl sites for hydroxylation is 1. The highest BCUT2D eigenvalue weighted by atomic mass is 16.5. The average Bonchev–Trinajstić information content (AvgIpc) is 2.84. The summed E-state index contributed by atoms with van der Waals surface area (Å²) in [5.41, 5.74) is 1.11. The first-order valence-corrected chi connectivity index (χ1v) is 6.71. The Kier molecular flexibility index (Phi) is 4.57. The fraction of sp³-hybridized carbons (Fsp3) is 0.571. The summed E-state index contributed by atoms with van der Waals surface area (Å²) in [6.07, 6.45) is 5.12. The number of carbonyl (C=O) groups is 1. The summed E-state index contributed by atoms with van der Waals surface area (Å²) in [4.78, 5) is 15.5. The molecule has 1 aliphatic heterocycles. The van der Waals surface area contributed by atoms with Crippen molar-refractivity contribution in [1.29, 1.82) is 0 Å². The Morgan fingerprint density at radius 3 is 3.00 bits per heavy atom. The van der Waals surface area contributed by atoms with Crippen LogP contribution in [0.5, 0.6) is 0 Å². The lowest BCUT2D eigenvalue weighted by Crippen LogP contribution is -2.48. The quantitative estimate of drug-likeness (QED) is 0.750. The maximum Gasteiger partial charge on any atom is 0.245 e. The molecule has 0 aliphatic carbocycles. The molecule has 6 nitrogen and oxygen atoms in total. The third-order valence-corrected chi connectivity index (χ3v) is 3.67. The molecule has 6 heteroatoms. The number of ether oxygens (including phenoxy) is 1. The number of aromatic nitrogens is 2. The van der Waals surface area contributed by atoms with Crippen LogP contribution in [0, 0.1) is 0 Å². The van der Waals surface area contributed by atoms with Gasteiger partial charge in [0.15, 0.2) is 0 Å². The SMILES string of the molecule is C=CC(=O)N(C)C[C@@H]1OCCN(C)[C@H]1c1cnn(C)c1. The molecule has 1 aromatic heterocycles. The van der Waals surface area contributed by atoms with Crippen molar-refractivity contribution in [1.82, 2.24) is 19.6 Å². The summed E-state index contributed by atoms with van der Waals surface area (Å²) in [5.74, 6) is -0.0910. The molecule has 1 aromatic rings. The van der Waals surface area contributed by atoms with Gasteiger partial charge in [0.25, 0.3) is 0 Å². The Bertz CT molecular complexity index is 485. The predicted octanol–water partition coefficient (Wildman–Crippen LogP) is 0.436. The molecule has 0 saturated carbocycles. The molecular weight excluding hydrogens is 256 g/mol. The van der Waals surface area contributed by atoms with E-state index in [-0.39, 0.29) is 18.1 Å². The predicted molar refractivity (Wildman–Crippen MR) is 76.2 cm³/mol. The summed E-state index contributed by atoms with van der Waals surface area (Å²) in [6, 6.07) is 0.109. The molecule has 110 valence electrons. The van der Waals surface area contributed by atoms with Gasteiger partial charge in [-0.15, -0.1) is 0 Å². The van der Waals surface area contributed by atoms with Crippen LogP contribution < -0.4 is 0 Å². The smallest absolute Gasteiger partial charge is 0.245 e. The van der Waals surface area contributed by atoms with Gasteiger partial charge in [0.1, 0.15) is 0 Å². The molecule has 0 radical (unpaired) electrons. The van der Waals surface area contributed by atoms with Gasteiger partial charge in [-0.25, -0.2) is 0 Å². The van der Waals surface area contributed by atoms with E-state index < -0.39 is 0 Å². The second kappa shape index (κ2) is 6.19. The van der Waals surface area contributed by atoms with E-state index in [1.165, 1.54) is 6.08 Å². The molecule has 0 spiro atoms. The highest BCUT2D eigenvalue weighted by Gasteiger charge is 2.33. The van der Waals surface area contributed by atoms with Crippen LogP contribution in [0.3, 0.4) is 0 Å². The highest BCUT2D eigenvalue weighted by Crippen LogP contribution is 2.28. The van der Waals surface area contributed by atoms with Crippen LogP contribution >= 0.6 is 0 Å². The van der Waals surface area contributed by atoms with Crippen LogP contribution in [0.2, 0.25) is 0 Å². The summed E-state index contributed by atoms with van der Waals surface area (Å²) in [7, 11) is 5.74. The van der Waals surface area contributed by atoms with Crippen molar-refractivity contribution in [2.24, 2.45) is 7.05 Å². The van der Waals surface area contributed by atoms with Gasteiger partial charge in [0.05, 0.1) is 24.9 Å². The highest BCUT2D eigenvalue weighted by molar-refractivity contribution is 5.86. The number of amides is 1. The zero-order chi connectivity index (χ0) is 14.7. The summed E-state index contributed by atoms with van der Waals surface area (Å²) in [5, 5.41) is 4.23. The maximum absolute atomic E-state index is 11.6. The molecule has 2 atom stereocenters. The third kappa shape index (κ3) is 3.08. The van der Waals surface area contributed by atoms with E-state index >= 15 is 0 Å². The fourth-order valence-corrected chi connectivity index (χ4v) is 2.59. The van der Waals surface area contributed by atoms with E-state index in [0.29, 0.717) is 13.2 Å². The molecule has 1 aliphatic rings. The minimum atomic E-state index is -0.0910. The molecule has 0 N–H and O–H groups in total. The zero-order valence-corrected chi connectivity index (χ0v) is 12.3. The number of likely N-dealkylation sites (N-methyl/N-ethyl adjacent to an activating group) is 2. The van der Waals surface area contributed by atoms with Gasteiger partial charge in [-0.05, 0) is 13.1 Å². The van der Waals surface area contributed by atoms with E-state index in [1.54, 1.807) is 16.6 Å². The molecule has 1 fully saturated rings. The van der Waals surface area contributed by atoms with Crippen LogP contribution in [0.4, 0.5) is 0 Å². The van der Waals surface area contributed by atoms with Gasteiger partial charge in [-0.2, -0.15) is 5.10 Å². The van der Waals surface area contributed by atoms with E-state index in [0.717, 1.165) is 12.1 Å². The molecule has 0 aromatic carbocycles. The van der Waals surface area contributed by atoms with Gasteiger partial charge in [0, 0.05) is 38.9 Å². The average molecular weight is 278 g/mol. The summed E-state index contributed by atoms with van der Waals surface area (Å²) < 4.78 is 7.67. The number of morpholine rings is 1. The minimum Gasteiger partial charge on any atom is -0.373 e. The molecule has 20 heavy (non-hydrogen) atoms. The van der Waals surface area contributed by atoms with Crippen molar-refractivity contribution in [2.75, 3.05) is 33.8 Å². The fourth-order valence-electron chi connectivity index (χ4n) is 2.59. The first-order chi connectivity index (χ1) is 9.52. The van der Waals surface area contributed by atoms with E-state index in [2.05, 4.69) is 23.6 Å². The van der Waals surface area contributed by atoms with E-state index in [9.17, 15) is 4.79 Å². The molecule has 0 bridgehead atoms. The van der Waals surface area contributed by atoms with Crippen LogP contribution in [0.15, 0.2) is 25.0 Å². The van der Waals surface area contributed by atoms with Crippen molar-refractivity contribution in [3.8, 4) is 0 Å². The number of nitrogens with zero attached hydrogens (tertiary/aromatic N) is 4. The lowest BCUT2D eigenvalue weighted by Gasteiger charge is -2.40. The van der Waals surface area contributed by atoms with Gasteiger partial charge in [-0.1, -0.05) is 6.58 Å². The minimum absolute atomic E-state index is 0.0631. The topological polar surface area (TPSA) is 50.6 Å².